The molecule has 0 saturated heterocycles. The van der Waals surface area contributed by atoms with Gasteiger partial charge in [0.25, 0.3) is 0 Å². The first kappa shape index (κ1) is 19.3. The Hall–Kier alpha value is -2.73. The zero-order valence-electron chi connectivity index (χ0n) is 14.1. The van der Waals surface area contributed by atoms with E-state index in [1.165, 1.54) is 45.9 Å². The Bertz CT molecular complexity index is 722. The molecular formula is C18H20O6. The molecule has 0 unspecified atom stereocenters. The monoisotopic (exact) mass is 332 g/mol. The molecule has 0 heterocycles. The van der Waals surface area contributed by atoms with Crippen LogP contribution < -0.4 is 9.47 Å². The fourth-order valence-corrected chi connectivity index (χ4v) is 1.54. The van der Waals surface area contributed by atoms with E-state index in [0.717, 1.165) is 0 Å². The highest BCUT2D eigenvalue weighted by Crippen LogP contribution is 2.31. The van der Waals surface area contributed by atoms with Gasteiger partial charge in [-0.05, 0) is 45.9 Å². The Morgan fingerprint density at radius 2 is 1.42 bits per heavy atom. The molecule has 6 nitrogen and oxygen atoms in total. The molecule has 0 aliphatic rings. The van der Waals surface area contributed by atoms with Crippen molar-refractivity contribution in [1.82, 2.24) is 0 Å². The van der Waals surface area contributed by atoms with Gasteiger partial charge in [-0.1, -0.05) is 13.2 Å². The standard InChI is InChI=1S/C18H20O6/c1-10(2)16(20)23-13-8-7-12(15(19)18(5,6)22)9-14(13)24-17(21)11(3)4/h7-9,22H,1,3H2,2,4-6H3. The number of benzene rings is 1. The second kappa shape index (κ2) is 7.23. The Balaban J connectivity index is 3.31. The van der Waals surface area contributed by atoms with Crippen LogP contribution in [0.3, 0.4) is 0 Å². The van der Waals surface area contributed by atoms with Crippen LogP contribution in [-0.4, -0.2) is 28.4 Å². The molecule has 0 radical (unpaired) electrons. The summed E-state index contributed by atoms with van der Waals surface area (Å²) in [5.41, 5.74) is -1.22. The number of Topliss-reactive ketones (excluding diaryl/α,β-unsaturated/α-hetero) is 1. The van der Waals surface area contributed by atoms with E-state index in [1.807, 2.05) is 0 Å². The largest absolute Gasteiger partial charge is 0.419 e. The third kappa shape index (κ3) is 4.89. The highest BCUT2D eigenvalue weighted by atomic mass is 16.6. The first-order valence-corrected chi connectivity index (χ1v) is 7.10. The van der Waals surface area contributed by atoms with Crippen molar-refractivity contribution in [3.8, 4) is 11.5 Å². The van der Waals surface area contributed by atoms with E-state index in [0.29, 0.717) is 0 Å². The minimum absolute atomic E-state index is 0.0510. The van der Waals surface area contributed by atoms with Crippen LogP contribution in [0.2, 0.25) is 0 Å². The summed E-state index contributed by atoms with van der Waals surface area (Å²) in [6.45, 7) is 12.5. The second-order valence-electron chi connectivity index (χ2n) is 5.89. The maximum absolute atomic E-state index is 12.1. The summed E-state index contributed by atoms with van der Waals surface area (Å²) in [5.74, 6) is -2.20. The minimum atomic E-state index is -1.61. The first-order valence-electron chi connectivity index (χ1n) is 7.10. The molecule has 1 aromatic rings. The van der Waals surface area contributed by atoms with Gasteiger partial charge in [-0.15, -0.1) is 0 Å². The maximum Gasteiger partial charge on any atom is 0.338 e. The van der Waals surface area contributed by atoms with Crippen molar-refractivity contribution in [1.29, 1.82) is 0 Å². The van der Waals surface area contributed by atoms with Gasteiger partial charge in [0.15, 0.2) is 17.3 Å². The molecule has 0 aliphatic carbocycles. The molecule has 0 aliphatic heterocycles. The number of aliphatic hydroxyl groups is 1. The Kier molecular flexibility index (Phi) is 5.82. The number of hydrogen-bond acceptors (Lipinski definition) is 6. The SMILES string of the molecule is C=C(C)C(=O)Oc1ccc(C(=O)C(C)(C)O)cc1OC(=O)C(=C)C. The average Bonchev–Trinajstić information content (AvgIpc) is 2.46. The van der Waals surface area contributed by atoms with Gasteiger partial charge in [0, 0.05) is 16.7 Å². The van der Waals surface area contributed by atoms with Crippen molar-refractivity contribution in [3.05, 3.63) is 48.1 Å². The molecule has 1 rings (SSSR count). The molecule has 0 saturated carbocycles. The minimum Gasteiger partial charge on any atom is -0.419 e. The van der Waals surface area contributed by atoms with Crippen LogP contribution in [-0.2, 0) is 9.59 Å². The van der Waals surface area contributed by atoms with Crippen LogP contribution in [0, 0.1) is 0 Å². The van der Waals surface area contributed by atoms with E-state index in [9.17, 15) is 19.5 Å². The van der Waals surface area contributed by atoms with E-state index in [2.05, 4.69) is 13.2 Å². The van der Waals surface area contributed by atoms with Gasteiger partial charge in [-0.2, -0.15) is 0 Å². The molecule has 1 aromatic carbocycles. The smallest absolute Gasteiger partial charge is 0.338 e. The fourth-order valence-electron chi connectivity index (χ4n) is 1.54. The summed E-state index contributed by atoms with van der Waals surface area (Å²) in [6, 6.07) is 3.89. The maximum atomic E-state index is 12.1. The molecule has 0 aromatic heterocycles. The number of ketones is 1. The van der Waals surface area contributed by atoms with Gasteiger partial charge in [-0.25, -0.2) is 9.59 Å². The second-order valence-corrected chi connectivity index (χ2v) is 5.89. The Morgan fingerprint density at radius 3 is 1.83 bits per heavy atom. The van der Waals surface area contributed by atoms with Gasteiger partial charge in [0.1, 0.15) is 5.60 Å². The lowest BCUT2D eigenvalue weighted by Gasteiger charge is -2.17. The van der Waals surface area contributed by atoms with Crippen LogP contribution in [0.15, 0.2) is 42.5 Å². The molecular weight excluding hydrogens is 312 g/mol. The summed E-state index contributed by atoms with van der Waals surface area (Å²) in [7, 11) is 0. The number of hydrogen-bond donors (Lipinski definition) is 1. The molecule has 24 heavy (non-hydrogen) atoms. The topological polar surface area (TPSA) is 89.9 Å². The zero-order valence-corrected chi connectivity index (χ0v) is 14.1. The number of carbonyl (C=O) groups is 3. The summed E-state index contributed by atoms with van der Waals surface area (Å²) in [5, 5.41) is 9.82. The Morgan fingerprint density at radius 1 is 0.958 bits per heavy atom. The predicted octanol–water partition coefficient (Wildman–Crippen LogP) is 2.60. The van der Waals surface area contributed by atoms with Crippen LogP contribution in [0.4, 0.5) is 0 Å². The number of rotatable bonds is 6. The lowest BCUT2D eigenvalue weighted by Crippen LogP contribution is -2.31. The van der Waals surface area contributed by atoms with Crippen molar-refractivity contribution < 1.29 is 29.0 Å². The van der Waals surface area contributed by atoms with Gasteiger partial charge < -0.3 is 14.6 Å². The molecule has 6 heteroatoms. The summed E-state index contributed by atoms with van der Waals surface area (Å²) < 4.78 is 10.2. The average molecular weight is 332 g/mol. The third-order valence-electron chi connectivity index (χ3n) is 2.86. The van der Waals surface area contributed by atoms with Crippen LogP contribution >= 0.6 is 0 Å². The highest BCUT2D eigenvalue weighted by Gasteiger charge is 2.27. The zero-order chi connectivity index (χ0) is 18.7. The van der Waals surface area contributed by atoms with Gasteiger partial charge in [0.05, 0.1) is 0 Å². The van der Waals surface area contributed by atoms with Gasteiger partial charge >= 0.3 is 11.9 Å². The van der Waals surface area contributed by atoms with Crippen LogP contribution in [0.25, 0.3) is 0 Å². The fraction of sp³-hybridized carbons (Fsp3) is 0.278. The normalized spacial score (nSPS) is 10.7. The van der Waals surface area contributed by atoms with Crippen molar-refractivity contribution >= 4 is 17.7 Å². The summed E-state index contributed by atoms with van der Waals surface area (Å²) in [4.78, 5) is 35.6. The van der Waals surface area contributed by atoms with Gasteiger partial charge in [0.2, 0.25) is 0 Å². The highest BCUT2D eigenvalue weighted by molar-refractivity contribution is 6.02. The van der Waals surface area contributed by atoms with Crippen molar-refractivity contribution in [2.45, 2.75) is 33.3 Å². The van der Waals surface area contributed by atoms with E-state index in [1.54, 1.807) is 0 Å². The summed E-state index contributed by atoms with van der Waals surface area (Å²) in [6.07, 6.45) is 0. The molecule has 0 amide bonds. The molecule has 0 atom stereocenters. The summed E-state index contributed by atoms with van der Waals surface area (Å²) >= 11 is 0. The van der Waals surface area contributed by atoms with E-state index in [-0.39, 0.29) is 28.2 Å². The molecule has 0 spiro atoms. The lowest BCUT2D eigenvalue weighted by molar-refractivity contribution is -0.132. The molecule has 128 valence electrons. The van der Waals surface area contributed by atoms with Gasteiger partial charge in [-0.3, -0.25) is 4.79 Å². The molecule has 0 fully saturated rings. The number of ether oxygens (including phenoxy) is 2. The van der Waals surface area contributed by atoms with E-state index < -0.39 is 23.3 Å². The van der Waals surface area contributed by atoms with Crippen molar-refractivity contribution in [2.24, 2.45) is 0 Å². The molecule has 1 N–H and O–H groups in total. The Labute approximate surface area is 140 Å². The van der Waals surface area contributed by atoms with Crippen molar-refractivity contribution in [3.63, 3.8) is 0 Å². The van der Waals surface area contributed by atoms with E-state index >= 15 is 0 Å². The van der Waals surface area contributed by atoms with Crippen LogP contribution in [0.5, 0.6) is 11.5 Å². The predicted molar refractivity (Wildman–Crippen MR) is 88.0 cm³/mol. The lowest BCUT2D eigenvalue weighted by atomic mass is 9.96. The number of carbonyl (C=O) groups excluding carboxylic acids is 3. The number of esters is 2. The third-order valence-corrected chi connectivity index (χ3v) is 2.86. The van der Waals surface area contributed by atoms with Crippen LogP contribution in [0.1, 0.15) is 38.1 Å². The molecule has 0 bridgehead atoms. The first-order chi connectivity index (χ1) is 10.9. The van der Waals surface area contributed by atoms with E-state index in [4.69, 9.17) is 9.47 Å². The quantitative estimate of drug-likeness (QED) is 0.373. The van der Waals surface area contributed by atoms with Crippen molar-refractivity contribution in [2.75, 3.05) is 0 Å².